The molecule has 0 spiro atoms. The first kappa shape index (κ1) is 12.7. The first-order valence-corrected chi connectivity index (χ1v) is 7.62. The minimum atomic E-state index is 0.0787. The Labute approximate surface area is 118 Å². The van der Waals surface area contributed by atoms with Crippen LogP contribution in [0.2, 0.25) is 0 Å². The molecular formula is C16H19NOS. The molecule has 3 rings (SSSR count). The molecule has 0 amide bonds. The van der Waals surface area contributed by atoms with E-state index in [2.05, 4.69) is 49.0 Å². The number of fused-ring (bicyclic) bond motifs is 1. The number of Topliss-reactive ketones (excluding diaryl/α,β-unsaturated/α-hetero) is 1. The largest absolute Gasteiger partial charge is 0.343 e. The van der Waals surface area contributed by atoms with Crippen LogP contribution in [0.5, 0.6) is 0 Å². The van der Waals surface area contributed by atoms with Crippen LogP contribution < -0.4 is 0 Å². The van der Waals surface area contributed by atoms with E-state index < -0.39 is 0 Å². The summed E-state index contributed by atoms with van der Waals surface area (Å²) in [5.41, 5.74) is 2.22. The zero-order valence-electron chi connectivity index (χ0n) is 11.6. The summed E-state index contributed by atoms with van der Waals surface area (Å²) in [6.45, 7) is 6.57. The molecule has 0 aliphatic heterocycles. The second kappa shape index (κ2) is 4.34. The minimum absolute atomic E-state index is 0.0787. The molecule has 2 nitrogen and oxygen atoms in total. The van der Waals surface area contributed by atoms with Gasteiger partial charge < -0.3 is 4.57 Å². The molecule has 2 aromatic rings. The number of ketones is 1. The van der Waals surface area contributed by atoms with Crippen LogP contribution >= 0.6 is 11.3 Å². The molecule has 2 heterocycles. The molecule has 0 saturated carbocycles. The second-order valence-electron chi connectivity index (χ2n) is 6.22. The van der Waals surface area contributed by atoms with Gasteiger partial charge in [0.1, 0.15) is 0 Å². The van der Waals surface area contributed by atoms with Gasteiger partial charge >= 0.3 is 0 Å². The van der Waals surface area contributed by atoms with Crippen molar-refractivity contribution in [2.75, 3.05) is 0 Å². The first-order chi connectivity index (χ1) is 8.98. The van der Waals surface area contributed by atoms with E-state index in [9.17, 15) is 4.79 Å². The summed E-state index contributed by atoms with van der Waals surface area (Å²) in [7, 11) is 0. The molecule has 1 unspecified atom stereocenters. The highest BCUT2D eigenvalue weighted by Gasteiger charge is 2.33. The third-order valence-electron chi connectivity index (χ3n) is 3.98. The standard InChI is InChI=1S/C16H19NOS/c1-11(15-5-4-8-19-15)17-7-6-12-13(17)9-16(2,3)10-14(12)18/h4-8,11H,9-10H2,1-3H3. The quantitative estimate of drug-likeness (QED) is 0.799. The van der Waals surface area contributed by atoms with Gasteiger partial charge in [-0.15, -0.1) is 11.3 Å². The Hall–Kier alpha value is -1.35. The highest BCUT2D eigenvalue weighted by Crippen LogP contribution is 2.37. The highest BCUT2D eigenvalue weighted by atomic mass is 32.1. The average molecular weight is 273 g/mol. The molecule has 100 valence electrons. The Bertz CT molecular complexity index is 607. The highest BCUT2D eigenvalue weighted by molar-refractivity contribution is 7.10. The lowest BCUT2D eigenvalue weighted by Crippen LogP contribution is -2.28. The molecule has 1 aliphatic carbocycles. The first-order valence-electron chi connectivity index (χ1n) is 6.74. The Morgan fingerprint density at radius 3 is 2.79 bits per heavy atom. The van der Waals surface area contributed by atoms with E-state index in [-0.39, 0.29) is 5.41 Å². The van der Waals surface area contributed by atoms with E-state index in [4.69, 9.17) is 0 Å². The summed E-state index contributed by atoms with van der Waals surface area (Å²) in [5, 5.41) is 2.11. The van der Waals surface area contributed by atoms with Crippen molar-refractivity contribution in [2.24, 2.45) is 5.41 Å². The molecule has 0 N–H and O–H groups in total. The number of thiophene rings is 1. The minimum Gasteiger partial charge on any atom is -0.343 e. The number of carbonyl (C=O) groups excluding carboxylic acids is 1. The van der Waals surface area contributed by atoms with Crippen LogP contribution in [-0.2, 0) is 6.42 Å². The van der Waals surface area contributed by atoms with Crippen molar-refractivity contribution in [1.82, 2.24) is 4.57 Å². The van der Waals surface area contributed by atoms with Crippen LogP contribution in [0.25, 0.3) is 0 Å². The Morgan fingerprint density at radius 1 is 1.32 bits per heavy atom. The van der Waals surface area contributed by atoms with Crippen molar-refractivity contribution >= 4 is 17.1 Å². The molecule has 1 aliphatic rings. The van der Waals surface area contributed by atoms with Gasteiger partial charge in [0.05, 0.1) is 6.04 Å². The van der Waals surface area contributed by atoms with E-state index in [1.54, 1.807) is 11.3 Å². The Balaban J connectivity index is 2.04. The third-order valence-corrected chi connectivity index (χ3v) is 5.02. The molecule has 0 aromatic carbocycles. The van der Waals surface area contributed by atoms with E-state index >= 15 is 0 Å². The van der Waals surface area contributed by atoms with Gasteiger partial charge in [-0.1, -0.05) is 19.9 Å². The zero-order valence-corrected chi connectivity index (χ0v) is 12.5. The second-order valence-corrected chi connectivity index (χ2v) is 7.19. The molecule has 2 aromatic heterocycles. The van der Waals surface area contributed by atoms with E-state index in [1.165, 1.54) is 10.6 Å². The van der Waals surface area contributed by atoms with Crippen LogP contribution in [0.15, 0.2) is 29.8 Å². The predicted molar refractivity (Wildman–Crippen MR) is 79.0 cm³/mol. The number of aromatic nitrogens is 1. The van der Waals surface area contributed by atoms with Crippen molar-refractivity contribution in [3.8, 4) is 0 Å². The van der Waals surface area contributed by atoms with Gasteiger partial charge in [-0.2, -0.15) is 0 Å². The smallest absolute Gasteiger partial charge is 0.165 e. The number of carbonyl (C=O) groups is 1. The predicted octanol–water partition coefficient (Wildman–Crippen LogP) is 4.31. The van der Waals surface area contributed by atoms with E-state index in [1.807, 2.05) is 6.07 Å². The summed E-state index contributed by atoms with van der Waals surface area (Å²) in [4.78, 5) is 13.6. The number of nitrogens with zero attached hydrogens (tertiary/aromatic N) is 1. The van der Waals surface area contributed by atoms with Crippen LogP contribution in [0, 0.1) is 5.41 Å². The topological polar surface area (TPSA) is 22.0 Å². The van der Waals surface area contributed by atoms with Crippen LogP contribution in [0.4, 0.5) is 0 Å². The van der Waals surface area contributed by atoms with Gasteiger partial charge in [-0.05, 0) is 36.3 Å². The summed E-state index contributed by atoms with van der Waals surface area (Å²) in [6.07, 6.45) is 3.72. The van der Waals surface area contributed by atoms with Crippen LogP contribution in [-0.4, -0.2) is 10.4 Å². The number of hydrogen-bond donors (Lipinski definition) is 0. The fourth-order valence-corrected chi connectivity index (χ4v) is 3.78. The molecule has 19 heavy (non-hydrogen) atoms. The van der Waals surface area contributed by atoms with Gasteiger partial charge in [0.2, 0.25) is 0 Å². The Morgan fingerprint density at radius 2 is 2.11 bits per heavy atom. The van der Waals surface area contributed by atoms with Gasteiger partial charge in [-0.3, -0.25) is 4.79 Å². The van der Waals surface area contributed by atoms with Gasteiger partial charge in [-0.25, -0.2) is 0 Å². The molecule has 0 saturated heterocycles. The maximum Gasteiger partial charge on any atom is 0.165 e. The van der Waals surface area contributed by atoms with Gasteiger partial charge in [0.15, 0.2) is 5.78 Å². The van der Waals surface area contributed by atoms with Crippen LogP contribution in [0.3, 0.4) is 0 Å². The van der Waals surface area contributed by atoms with E-state index in [0.717, 1.165) is 12.0 Å². The number of rotatable bonds is 2. The van der Waals surface area contributed by atoms with Crippen molar-refractivity contribution in [1.29, 1.82) is 0 Å². The summed E-state index contributed by atoms with van der Waals surface area (Å²) >= 11 is 1.77. The lowest BCUT2D eigenvalue weighted by molar-refractivity contribution is 0.0910. The Kier molecular flexibility index (Phi) is 2.90. The summed E-state index contributed by atoms with van der Waals surface area (Å²) in [5.74, 6) is 0.295. The lowest BCUT2D eigenvalue weighted by Gasteiger charge is -2.30. The normalized spacial score (nSPS) is 19.2. The number of hydrogen-bond acceptors (Lipinski definition) is 2. The maximum absolute atomic E-state index is 12.2. The molecule has 0 fully saturated rings. The lowest BCUT2D eigenvalue weighted by atomic mass is 9.76. The van der Waals surface area contributed by atoms with Crippen molar-refractivity contribution in [2.45, 2.75) is 39.7 Å². The summed E-state index contributed by atoms with van der Waals surface area (Å²) in [6, 6.07) is 6.56. The van der Waals surface area contributed by atoms with E-state index in [0.29, 0.717) is 18.2 Å². The molecular weight excluding hydrogens is 254 g/mol. The monoisotopic (exact) mass is 273 g/mol. The molecule has 1 atom stereocenters. The van der Waals surface area contributed by atoms with Crippen molar-refractivity contribution in [3.63, 3.8) is 0 Å². The summed E-state index contributed by atoms with van der Waals surface area (Å²) < 4.78 is 2.28. The van der Waals surface area contributed by atoms with Crippen molar-refractivity contribution in [3.05, 3.63) is 45.9 Å². The fourth-order valence-electron chi connectivity index (χ4n) is 3.00. The molecule has 3 heteroatoms. The average Bonchev–Trinajstić information content (AvgIpc) is 2.94. The third kappa shape index (κ3) is 2.16. The van der Waals surface area contributed by atoms with Crippen molar-refractivity contribution < 1.29 is 4.79 Å². The van der Waals surface area contributed by atoms with Gasteiger partial charge in [0, 0.05) is 28.8 Å². The maximum atomic E-state index is 12.2. The van der Waals surface area contributed by atoms with Crippen LogP contribution in [0.1, 0.15) is 54.2 Å². The fraction of sp³-hybridized carbons (Fsp3) is 0.438. The molecule has 0 radical (unpaired) electrons. The molecule has 0 bridgehead atoms. The zero-order chi connectivity index (χ0) is 13.6. The van der Waals surface area contributed by atoms with Gasteiger partial charge in [0.25, 0.3) is 0 Å². The SMILES string of the molecule is CC(c1cccs1)n1ccc2c1CC(C)(C)CC2=O.